The summed E-state index contributed by atoms with van der Waals surface area (Å²) in [7, 11) is 0. The summed E-state index contributed by atoms with van der Waals surface area (Å²) >= 11 is 0. The molecule has 0 aliphatic carbocycles. The van der Waals surface area contributed by atoms with Gasteiger partial charge in [-0.05, 0) is 30.7 Å². The Bertz CT molecular complexity index is 626. The standard InChI is InChI=1S/C13H11N3/c1-10-3-4-11-5-8-16(12(11)9-10)13-14-6-2-7-15-13/h2-9H,1H3. The number of fused-ring (bicyclic) bond motifs is 1. The van der Waals surface area contributed by atoms with Crippen molar-refractivity contribution in [1.29, 1.82) is 0 Å². The summed E-state index contributed by atoms with van der Waals surface area (Å²) in [6, 6.07) is 10.3. The third kappa shape index (κ3) is 1.37. The molecule has 0 N–H and O–H groups in total. The molecule has 3 rings (SSSR count). The van der Waals surface area contributed by atoms with Gasteiger partial charge in [0, 0.05) is 24.0 Å². The van der Waals surface area contributed by atoms with Gasteiger partial charge in [-0.3, -0.25) is 4.57 Å². The molecule has 1 aromatic carbocycles. The summed E-state index contributed by atoms with van der Waals surface area (Å²) in [6.45, 7) is 2.09. The number of benzene rings is 1. The molecule has 0 radical (unpaired) electrons. The molecule has 0 aliphatic rings. The average Bonchev–Trinajstić information content (AvgIpc) is 2.73. The van der Waals surface area contributed by atoms with Gasteiger partial charge in [-0.15, -0.1) is 0 Å². The summed E-state index contributed by atoms with van der Waals surface area (Å²) < 4.78 is 2.00. The molecular weight excluding hydrogens is 198 g/mol. The highest BCUT2D eigenvalue weighted by Crippen LogP contribution is 2.19. The van der Waals surface area contributed by atoms with E-state index in [1.807, 2.05) is 16.8 Å². The Morgan fingerprint density at radius 2 is 1.88 bits per heavy atom. The molecule has 3 aromatic rings. The minimum absolute atomic E-state index is 0.711. The van der Waals surface area contributed by atoms with Crippen LogP contribution in [0.3, 0.4) is 0 Å². The third-order valence-corrected chi connectivity index (χ3v) is 2.62. The summed E-state index contributed by atoms with van der Waals surface area (Å²) in [5.41, 5.74) is 2.38. The van der Waals surface area contributed by atoms with Gasteiger partial charge in [-0.2, -0.15) is 0 Å². The van der Waals surface area contributed by atoms with E-state index in [9.17, 15) is 0 Å². The second kappa shape index (κ2) is 3.45. The van der Waals surface area contributed by atoms with Crippen LogP contribution < -0.4 is 0 Å². The Hall–Kier alpha value is -2.16. The van der Waals surface area contributed by atoms with Gasteiger partial charge in [0.05, 0.1) is 5.52 Å². The molecule has 0 spiro atoms. The first-order valence-corrected chi connectivity index (χ1v) is 5.20. The summed E-state index contributed by atoms with van der Waals surface area (Å²) in [4.78, 5) is 8.51. The maximum Gasteiger partial charge on any atom is 0.234 e. The molecule has 0 saturated carbocycles. The average molecular weight is 209 g/mol. The number of aryl methyl sites for hydroxylation is 1. The zero-order valence-corrected chi connectivity index (χ0v) is 8.96. The lowest BCUT2D eigenvalue weighted by Crippen LogP contribution is -1.97. The van der Waals surface area contributed by atoms with E-state index in [0.717, 1.165) is 5.52 Å². The van der Waals surface area contributed by atoms with E-state index >= 15 is 0 Å². The highest BCUT2D eigenvalue weighted by molar-refractivity contribution is 5.82. The maximum absolute atomic E-state index is 4.25. The minimum Gasteiger partial charge on any atom is -0.285 e. The van der Waals surface area contributed by atoms with Crippen molar-refractivity contribution in [2.75, 3.05) is 0 Å². The monoisotopic (exact) mass is 209 g/mol. The zero-order chi connectivity index (χ0) is 11.0. The van der Waals surface area contributed by atoms with E-state index in [-0.39, 0.29) is 0 Å². The van der Waals surface area contributed by atoms with Gasteiger partial charge in [0.1, 0.15) is 0 Å². The Labute approximate surface area is 93.4 Å². The molecule has 0 saturated heterocycles. The van der Waals surface area contributed by atoms with Gasteiger partial charge in [0.25, 0.3) is 0 Å². The Balaban J connectivity index is 2.29. The van der Waals surface area contributed by atoms with Crippen LogP contribution in [-0.2, 0) is 0 Å². The first-order valence-electron chi connectivity index (χ1n) is 5.20. The van der Waals surface area contributed by atoms with E-state index in [0.29, 0.717) is 5.95 Å². The predicted molar refractivity (Wildman–Crippen MR) is 63.6 cm³/mol. The lowest BCUT2D eigenvalue weighted by atomic mass is 10.2. The third-order valence-electron chi connectivity index (χ3n) is 2.62. The van der Waals surface area contributed by atoms with Gasteiger partial charge in [-0.1, -0.05) is 12.1 Å². The molecule has 3 heteroatoms. The molecule has 0 atom stereocenters. The van der Waals surface area contributed by atoms with E-state index in [1.165, 1.54) is 10.9 Å². The second-order valence-electron chi connectivity index (χ2n) is 3.80. The summed E-state index contributed by atoms with van der Waals surface area (Å²) in [6.07, 6.45) is 5.51. The van der Waals surface area contributed by atoms with Crippen molar-refractivity contribution in [3.8, 4) is 5.95 Å². The molecule has 2 heterocycles. The van der Waals surface area contributed by atoms with E-state index in [1.54, 1.807) is 12.4 Å². The summed E-state index contributed by atoms with van der Waals surface area (Å²) in [5, 5.41) is 1.21. The van der Waals surface area contributed by atoms with Crippen molar-refractivity contribution >= 4 is 10.9 Å². The molecule has 2 aromatic heterocycles. The largest absolute Gasteiger partial charge is 0.285 e. The SMILES string of the molecule is Cc1ccc2ccn(-c3ncccn3)c2c1. The van der Waals surface area contributed by atoms with Gasteiger partial charge in [-0.25, -0.2) is 9.97 Å². The van der Waals surface area contributed by atoms with Gasteiger partial charge >= 0.3 is 0 Å². The molecule has 0 unspecified atom stereocenters. The molecule has 3 nitrogen and oxygen atoms in total. The van der Waals surface area contributed by atoms with Crippen molar-refractivity contribution in [3.05, 3.63) is 54.5 Å². The van der Waals surface area contributed by atoms with Crippen molar-refractivity contribution in [3.63, 3.8) is 0 Å². The molecule has 16 heavy (non-hydrogen) atoms. The van der Waals surface area contributed by atoms with Crippen LogP contribution in [0.15, 0.2) is 48.9 Å². The Morgan fingerprint density at radius 3 is 2.69 bits per heavy atom. The fourth-order valence-electron chi connectivity index (χ4n) is 1.83. The Morgan fingerprint density at radius 1 is 1.06 bits per heavy atom. The van der Waals surface area contributed by atoms with Gasteiger partial charge in [0.15, 0.2) is 0 Å². The van der Waals surface area contributed by atoms with E-state index in [2.05, 4.69) is 41.2 Å². The summed E-state index contributed by atoms with van der Waals surface area (Å²) in [5.74, 6) is 0.711. The van der Waals surface area contributed by atoms with Crippen molar-refractivity contribution in [2.24, 2.45) is 0 Å². The fourth-order valence-corrected chi connectivity index (χ4v) is 1.83. The molecule has 0 aliphatic heterocycles. The topological polar surface area (TPSA) is 30.7 Å². The van der Waals surface area contributed by atoms with Crippen molar-refractivity contribution < 1.29 is 0 Å². The maximum atomic E-state index is 4.25. The number of aromatic nitrogens is 3. The zero-order valence-electron chi connectivity index (χ0n) is 8.96. The van der Waals surface area contributed by atoms with Crippen LogP contribution in [0.1, 0.15) is 5.56 Å². The number of hydrogen-bond donors (Lipinski definition) is 0. The molecule has 0 bridgehead atoms. The Kier molecular flexibility index (Phi) is 1.96. The normalized spacial score (nSPS) is 10.8. The van der Waals surface area contributed by atoms with Crippen molar-refractivity contribution in [2.45, 2.75) is 6.92 Å². The van der Waals surface area contributed by atoms with Crippen LogP contribution >= 0.6 is 0 Å². The van der Waals surface area contributed by atoms with Crippen LogP contribution in [0.5, 0.6) is 0 Å². The van der Waals surface area contributed by atoms with Crippen LogP contribution in [0.2, 0.25) is 0 Å². The minimum atomic E-state index is 0.711. The van der Waals surface area contributed by atoms with Crippen molar-refractivity contribution in [1.82, 2.24) is 14.5 Å². The van der Waals surface area contributed by atoms with Crippen LogP contribution in [0.25, 0.3) is 16.9 Å². The lowest BCUT2D eigenvalue weighted by molar-refractivity contribution is 0.961. The van der Waals surface area contributed by atoms with Crippen LogP contribution in [0.4, 0.5) is 0 Å². The van der Waals surface area contributed by atoms with Crippen LogP contribution in [0, 0.1) is 6.92 Å². The van der Waals surface area contributed by atoms with E-state index < -0.39 is 0 Å². The van der Waals surface area contributed by atoms with Gasteiger partial charge in [0.2, 0.25) is 5.95 Å². The smallest absolute Gasteiger partial charge is 0.234 e. The number of hydrogen-bond acceptors (Lipinski definition) is 2. The first-order chi connectivity index (χ1) is 7.84. The molecular formula is C13H11N3. The first kappa shape index (κ1) is 9.09. The highest BCUT2D eigenvalue weighted by atomic mass is 15.1. The fraction of sp³-hybridized carbons (Fsp3) is 0.0769. The molecule has 0 fully saturated rings. The second-order valence-corrected chi connectivity index (χ2v) is 3.80. The van der Waals surface area contributed by atoms with E-state index in [4.69, 9.17) is 0 Å². The highest BCUT2D eigenvalue weighted by Gasteiger charge is 2.04. The predicted octanol–water partition coefficient (Wildman–Crippen LogP) is 2.73. The lowest BCUT2D eigenvalue weighted by Gasteiger charge is -2.02. The number of nitrogens with zero attached hydrogens (tertiary/aromatic N) is 3. The molecule has 78 valence electrons. The number of rotatable bonds is 1. The quantitative estimate of drug-likeness (QED) is 0.617. The van der Waals surface area contributed by atoms with Gasteiger partial charge < -0.3 is 0 Å². The van der Waals surface area contributed by atoms with Crippen LogP contribution in [-0.4, -0.2) is 14.5 Å². The molecule has 0 amide bonds.